The molecule has 1 aliphatic carbocycles. The van der Waals surface area contributed by atoms with E-state index in [0.717, 1.165) is 25.7 Å². The Morgan fingerprint density at radius 1 is 0.914 bits per heavy atom. The molecule has 3 rings (SSSR count). The number of rotatable bonds is 5. The highest BCUT2D eigenvalue weighted by atomic mass is 19.4. The van der Waals surface area contributed by atoms with E-state index in [0.29, 0.717) is 38.1 Å². The van der Waals surface area contributed by atoms with E-state index in [-0.39, 0.29) is 36.4 Å². The molecule has 0 bridgehead atoms. The molecule has 3 amide bonds. The molecular formula is C23H30F6N4O2. The summed E-state index contributed by atoms with van der Waals surface area (Å²) in [6.45, 7) is 1.28. The number of nitrogens with one attached hydrogen (secondary N) is 3. The largest absolute Gasteiger partial charge is 0.416 e. The first kappa shape index (κ1) is 27.1. The number of hydrogen-bond acceptors (Lipinski definition) is 3. The molecule has 1 aromatic carbocycles. The minimum atomic E-state index is -5.00. The fraction of sp³-hybridized carbons (Fsp3) is 0.652. The summed E-state index contributed by atoms with van der Waals surface area (Å²) >= 11 is 0. The highest BCUT2D eigenvalue weighted by molar-refractivity contribution is 5.89. The number of urea groups is 1. The van der Waals surface area contributed by atoms with E-state index in [9.17, 15) is 35.9 Å². The number of nitrogens with zero attached hydrogens (tertiary/aromatic N) is 1. The standard InChI is InChI=1S/C23H30F6N4O2/c1-30-19-5-3-2-4-18(19)20(34)33-8-6-14(7-9-33)13-31-21(35)32-17-11-15(22(24,25)26)10-16(12-17)23(27,28)29/h10-12,14,18-19,30H,2-9,13H2,1H3,(H2,31,32,35). The molecular weight excluding hydrogens is 478 g/mol. The number of hydrogen-bond donors (Lipinski definition) is 3. The van der Waals surface area contributed by atoms with Gasteiger partial charge in [-0.2, -0.15) is 26.3 Å². The number of likely N-dealkylation sites (tertiary alicyclic amines) is 1. The summed E-state index contributed by atoms with van der Waals surface area (Å²) in [6, 6.07) is 0.207. The molecule has 1 heterocycles. The average molecular weight is 509 g/mol. The van der Waals surface area contributed by atoms with Crippen LogP contribution >= 0.6 is 0 Å². The van der Waals surface area contributed by atoms with Crippen LogP contribution in [0.3, 0.4) is 0 Å². The zero-order chi connectivity index (χ0) is 25.8. The van der Waals surface area contributed by atoms with E-state index in [1.54, 1.807) is 0 Å². The summed E-state index contributed by atoms with van der Waals surface area (Å²) in [5.41, 5.74) is -3.60. The second kappa shape index (κ2) is 11.0. The second-order valence-electron chi connectivity index (χ2n) is 9.18. The van der Waals surface area contributed by atoms with Crippen LogP contribution in [0.1, 0.15) is 49.7 Å². The number of anilines is 1. The Bertz CT molecular complexity index is 865. The molecule has 1 aromatic rings. The third-order valence-corrected chi connectivity index (χ3v) is 6.78. The van der Waals surface area contributed by atoms with E-state index in [1.165, 1.54) is 0 Å². The number of piperidine rings is 1. The van der Waals surface area contributed by atoms with Gasteiger partial charge in [-0.25, -0.2) is 4.79 Å². The summed E-state index contributed by atoms with van der Waals surface area (Å²) in [5, 5.41) is 7.81. The van der Waals surface area contributed by atoms with Crippen molar-refractivity contribution in [1.29, 1.82) is 0 Å². The van der Waals surface area contributed by atoms with Gasteiger partial charge in [0.15, 0.2) is 0 Å². The molecule has 0 aromatic heterocycles. The number of carbonyl (C=O) groups excluding carboxylic acids is 2. The van der Waals surface area contributed by atoms with Crippen molar-refractivity contribution in [2.45, 2.75) is 56.9 Å². The highest BCUT2D eigenvalue weighted by Crippen LogP contribution is 2.37. The maximum atomic E-state index is 13.0. The van der Waals surface area contributed by atoms with Crippen molar-refractivity contribution < 1.29 is 35.9 Å². The molecule has 1 aliphatic heterocycles. The van der Waals surface area contributed by atoms with Crippen molar-refractivity contribution in [2.75, 3.05) is 32.0 Å². The third kappa shape index (κ3) is 7.25. The van der Waals surface area contributed by atoms with E-state index in [1.807, 2.05) is 11.9 Å². The lowest BCUT2D eigenvalue weighted by molar-refractivity contribution is -0.143. The van der Waals surface area contributed by atoms with Gasteiger partial charge in [0.1, 0.15) is 0 Å². The van der Waals surface area contributed by atoms with Gasteiger partial charge in [-0.1, -0.05) is 12.8 Å². The van der Waals surface area contributed by atoms with Gasteiger partial charge in [0.25, 0.3) is 0 Å². The summed E-state index contributed by atoms with van der Waals surface area (Å²) in [5.74, 6) is 0.143. The van der Waals surface area contributed by atoms with E-state index in [4.69, 9.17) is 0 Å². The van der Waals surface area contributed by atoms with Gasteiger partial charge < -0.3 is 20.9 Å². The molecule has 3 N–H and O–H groups in total. The smallest absolute Gasteiger partial charge is 0.342 e. The number of carbonyl (C=O) groups is 2. The Balaban J connectivity index is 1.51. The van der Waals surface area contributed by atoms with Crippen LogP contribution in [0.25, 0.3) is 0 Å². The number of halogens is 6. The van der Waals surface area contributed by atoms with Crippen LogP contribution in [-0.2, 0) is 17.1 Å². The maximum Gasteiger partial charge on any atom is 0.416 e. The van der Waals surface area contributed by atoms with Gasteiger partial charge in [0.2, 0.25) is 5.91 Å². The summed E-state index contributed by atoms with van der Waals surface area (Å²) in [6.07, 6.45) is -4.75. The van der Waals surface area contributed by atoms with Crippen LogP contribution < -0.4 is 16.0 Å². The van der Waals surface area contributed by atoms with Crippen LogP contribution in [0, 0.1) is 11.8 Å². The first-order valence-electron chi connectivity index (χ1n) is 11.7. The normalized spacial score (nSPS) is 22.1. The van der Waals surface area contributed by atoms with Crippen molar-refractivity contribution >= 4 is 17.6 Å². The Kier molecular flexibility index (Phi) is 8.55. The Morgan fingerprint density at radius 3 is 2.03 bits per heavy atom. The fourth-order valence-electron chi connectivity index (χ4n) is 4.80. The number of benzene rings is 1. The van der Waals surface area contributed by atoms with Crippen LogP contribution in [0.4, 0.5) is 36.8 Å². The molecule has 6 nitrogen and oxygen atoms in total. The van der Waals surface area contributed by atoms with Crippen molar-refractivity contribution in [3.8, 4) is 0 Å². The molecule has 2 aliphatic rings. The monoisotopic (exact) mass is 508 g/mol. The molecule has 2 fully saturated rings. The fourth-order valence-corrected chi connectivity index (χ4v) is 4.80. The Labute approximate surface area is 199 Å². The average Bonchev–Trinajstić information content (AvgIpc) is 2.81. The molecule has 12 heteroatoms. The molecule has 2 atom stereocenters. The molecule has 196 valence electrons. The lowest BCUT2D eigenvalue weighted by Gasteiger charge is -2.38. The minimum Gasteiger partial charge on any atom is -0.342 e. The van der Waals surface area contributed by atoms with Crippen LogP contribution in [0.15, 0.2) is 18.2 Å². The van der Waals surface area contributed by atoms with Gasteiger partial charge in [-0.3, -0.25) is 4.79 Å². The SMILES string of the molecule is CNC1CCCCC1C(=O)N1CCC(CNC(=O)Nc2cc(C(F)(F)F)cc(C(F)(F)F)c2)CC1. The quantitative estimate of drug-likeness (QED) is 0.498. The molecule has 0 spiro atoms. The third-order valence-electron chi connectivity index (χ3n) is 6.78. The van der Waals surface area contributed by atoms with E-state index in [2.05, 4.69) is 16.0 Å². The van der Waals surface area contributed by atoms with Crippen LogP contribution in [-0.4, -0.2) is 49.6 Å². The first-order chi connectivity index (χ1) is 16.4. The lowest BCUT2D eigenvalue weighted by Crippen LogP contribution is -2.49. The lowest BCUT2D eigenvalue weighted by atomic mass is 9.83. The van der Waals surface area contributed by atoms with Gasteiger partial charge in [-0.15, -0.1) is 0 Å². The molecule has 1 saturated carbocycles. The zero-order valence-corrected chi connectivity index (χ0v) is 19.4. The minimum absolute atomic E-state index is 0.00422. The summed E-state index contributed by atoms with van der Waals surface area (Å²) < 4.78 is 77.9. The van der Waals surface area contributed by atoms with Crippen LogP contribution in [0.2, 0.25) is 0 Å². The molecule has 35 heavy (non-hydrogen) atoms. The molecule has 1 saturated heterocycles. The van der Waals surface area contributed by atoms with E-state index < -0.39 is 35.2 Å². The van der Waals surface area contributed by atoms with E-state index >= 15 is 0 Å². The Hall–Kier alpha value is -2.50. The number of alkyl halides is 6. The highest BCUT2D eigenvalue weighted by Gasteiger charge is 2.37. The predicted molar refractivity (Wildman–Crippen MR) is 118 cm³/mol. The van der Waals surface area contributed by atoms with Gasteiger partial charge >= 0.3 is 18.4 Å². The zero-order valence-electron chi connectivity index (χ0n) is 19.4. The van der Waals surface area contributed by atoms with Crippen molar-refractivity contribution in [2.24, 2.45) is 11.8 Å². The summed E-state index contributed by atoms with van der Waals surface area (Å²) in [7, 11) is 1.86. The van der Waals surface area contributed by atoms with Crippen LogP contribution in [0.5, 0.6) is 0 Å². The summed E-state index contributed by atoms with van der Waals surface area (Å²) in [4.78, 5) is 27.0. The predicted octanol–water partition coefficient (Wildman–Crippen LogP) is 4.86. The van der Waals surface area contributed by atoms with Crippen molar-refractivity contribution in [3.63, 3.8) is 0 Å². The Morgan fingerprint density at radius 2 is 1.49 bits per heavy atom. The molecule has 2 unspecified atom stereocenters. The van der Waals surface area contributed by atoms with Crippen molar-refractivity contribution in [3.05, 3.63) is 29.3 Å². The number of amides is 3. The maximum absolute atomic E-state index is 13.0. The van der Waals surface area contributed by atoms with Crippen molar-refractivity contribution in [1.82, 2.24) is 15.5 Å². The molecule has 0 radical (unpaired) electrons. The first-order valence-corrected chi connectivity index (χ1v) is 11.7. The second-order valence-corrected chi connectivity index (χ2v) is 9.18. The van der Waals surface area contributed by atoms with Gasteiger partial charge in [0, 0.05) is 31.4 Å². The topological polar surface area (TPSA) is 73.5 Å². The van der Waals surface area contributed by atoms with Gasteiger partial charge in [0.05, 0.1) is 17.0 Å². The van der Waals surface area contributed by atoms with Gasteiger partial charge in [-0.05, 0) is 56.8 Å².